The lowest BCUT2D eigenvalue weighted by atomic mass is 10.0. The largest absolute Gasteiger partial charge is 0.345 e. The van der Waals surface area contributed by atoms with Gasteiger partial charge in [0.05, 0.1) is 0 Å². The van der Waals surface area contributed by atoms with E-state index in [4.69, 9.17) is 0 Å². The third-order valence-corrected chi connectivity index (χ3v) is 6.07. The van der Waals surface area contributed by atoms with Crippen molar-refractivity contribution in [2.45, 2.75) is 11.6 Å². The van der Waals surface area contributed by atoms with Gasteiger partial charge in [-0.15, -0.1) is 0 Å². The lowest BCUT2D eigenvalue weighted by molar-refractivity contribution is 0.578. The molecule has 6 heteroatoms. The maximum absolute atomic E-state index is 13.1. The number of aromatic nitrogens is 1. The Bertz CT molecular complexity index is 1270. The van der Waals surface area contributed by atoms with E-state index in [-0.39, 0.29) is 17.4 Å². The molecule has 0 spiro atoms. The van der Waals surface area contributed by atoms with Crippen LogP contribution in [0, 0.1) is 5.82 Å². The maximum Gasteiger partial charge on any atom is 0.256 e. The summed E-state index contributed by atoms with van der Waals surface area (Å²) < 4.78 is 41.0. The number of hydrogen-bond acceptors (Lipinski definition) is 2. The molecule has 0 aliphatic carbocycles. The molecule has 1 heterocycles. The van der Waals surface area contributed by atoms with Gasteiger partial charge in [-0.05, 0) is 52.6 Å². The van der Waals surface area contributed by atoms with E-state index >= 15 is 0 Å². The van der Waals surface area contributed by atoms with Crippen molar-refractivity contribution in [2.75, 3.05) is 0 Å². The van der Waals surface area contributed by atoms with E-state index in [2.05, 4.69) is 16.3 Å². The first-order chi connectivity index (χ1) is 13.9. The molecule has 0 amide bonds. The van der Waals surface area contributed by atoms with Gasteiger partial charge in [0.1, 0.15) is 10.8 Å². The van der Waals surface area contributed by atoms with Gasteiger partial charge in [-0.25, -0.2) is 17.5 Å². The molecule has 4 aromatic rings. The van der Waals surface area contributed by atoms with E-state index in [1.165, 1.54) is 12.1 Å². The van der Waals surface area contributed by atoms with E-state index in [0.29, 0.717) is 0 Å². The third-order valence-electron chi connectivity index (χ3n) is 4.74. The quantitative estimate of drug-likeness (QED) is 0.468. The highest BCUT2D eigenvalue weighted by Gasteiger charge is 2.16. The van der Waals surface area contributed by atoms with Crippen LogP contribution in [0.4, 0.5) is 4.39 Å². The van der Waals surface area contributed by atoms with Crippen LogP contribution in [0.25, 0.3) is 28.1 Å². The third kappa shape index (κ3) is 4.13. The second-order valence-corrected chi connectivity index (χ2v) is 8.45. The average Bonchev–Trinajstić information content (AvgIpc) is 3.18. The topological polar surface area (TPSA) is 62.0 Å². The zero-order valence-corrected chi connectivity index (χ0v) is 16.3. The Labute approximate surface area is 168 Å². The summed E-state index contributed by atoms with van der Waals surface area (Å²) in [6.45, 7) is 3.89. The number of H-pyrrole nitrogens is 1. The first-order valence-electron chi connectivity index (χ1n) is 9.04. The van der Waals surface area contributed by atoms with E-state index < -0.39 is 10.0 Å². The van der Waals surface area contributed by atoms with Gasteiger partial charge in [-0.2, -0.15) is 0 Å². The van der Waals surface area contributed by atoms with Gasteiger partial charge < -0.3 is 4.98 Å². The molecule has 0 bridgehead atoms. The van der Waals surface area contributed by atoms with Gasteiger partial charge in [-0.1, -0.05) is 55.1 Å². The molecule has 3 aromatic carbocycles. The number of rotatable bonds is 6. The van der Waals surface area contributed by atoms with Crippen molar-refractivity contribution < 1.29 is 12.8 Å². The van der Waals surface area contributed by atoms with Crippen LogP contribution in [0.15, 0.2) is 84.4 Å². The summed E-state index contributed by atoms with van der Waals surface area (Å²) in [7, 11) is -3.68. The molecule has 0 saturated heterocycles. The molecule has 0 radical (unpaired) electrons. The van der Waals surface area contributed by atoms with Crippen LogP contribution in [0.1, 0.15) is 11.1 Å². The molecule has 1 aromatic heterocycles. The Kier molecular flexibility index (Phi) is 5.05. The predicted octanol–water partition coefficient (Wildman–Crippen LogP) is 5.10. The number of hydrogen-bond donors (Lipinski definition) is 2. The van der Waals surface area contributed by atoms with Crippen LogP contribution in [-0.2, 0) is 16.6 Å². The average molecular weight is 406 g/mol. The SMILES string of the molecule is C=Cc1ccc2[nH]c(S(=O)(=O)NCc3ccc(-c4ccc(F)cc4)cc3)cc2c1. The lowest BCUT2D eigenvalue weighted by Crippen LogP contribution is -2.23. The smallest absolute Gasteiger partial charge is 0.256 e. The first-order valence-corrected chi connectivity index (χ1v) is 10.5. The molecule has 4 nitrogen and oxygen atoms in total. The predicted molar refractivity (Wildman–Crippen MR) is 114 cm³/mol. The highest BCUT2D eigenvalue weighted by atomic mass is 32.2. The fourth-order valence-electron chi connectivity index (χ4n) is 3.11. The minimum atomic E-state index is -3.68. The molecular formula is C23H19FN2O2S. The van der Waals surface area contributed by atoms with Crippen molar-refractivity contribution in [3.8, 4) is 11.1 Å². The summed E-state index contributed by atoms with van der Waals surface area (Å²) in [5.74, 6) is -0.280. The van der Waals surface area contributed by atoms with Crippen LogP contribution >= 0.6 is 0 Å². The molecule has 0 aliphatic heterocycles. The van der Waals surface area contributed by atoms with Gasteiger partial charge in [-0.3, -0.25) is 0 Å². The molecular weight excluding hydrogens is 387 g/mol. The molecule has 0 unspecified atom stereocenters. The standard InChI is InChI=1S/C23H19FN2O2S/c1-2-16-5-12-22-20(13-16)14-23(26-22)29(27,28)25-15-17-3-6-18(7-4-17)19-8-10-21(24)11-9-19/h2-14,25-26H,1,15H2. The zero-order chi connectivity index (χ0) is 20.4. The van der Waals surface area contributed by atoms with E-state index in [1.54, 1.807) is 24.3 Å². The minimum absolute atomic E-state index is 0.122. The van der Waals surface area contributed by atoms with Crippen molar-refractivity contribution in [3.05, 3.63) is 96.3 Å². The van der Waals surface area contributed by atoms with Crippen LogP contribution in [-0.4, -0.2) is 13.4 Å². The highest BCUT2D eigenvalue weighted by Crippen LogP contribution is 2.22. The van der Waals surface area contributed by atoms with Gasteiger partial charge in [0, 0.05) is 17.4 Å². The summed E-state index contributed by atoms with van der Waals surface area (Å²) >= 11 is 0. The van der Waals surface area contributed by atoms with Crippen molar-refractivity contribution in [1.82, 2.24) is 9.71 Å². The molecule has 146 valence electrons. The van der Waals surface area contributed by atoms with Crippen molar-refractivity contribution in [1.29, 1.82) is 0 Å². The Balaban J connectivity index is 1.49. The Hall–Kier alpha value is -3.22. The number of sulfonamides is 1. The Morgan fingerprint density at radius 3 is 2.24 bits per heavy atom. The molecule has 0 fully saturated rings. The second kappa shape index (κ2) is 7.66. The van der Waals surface area contributed by atoms with E-state index in [0.717, 1.165) is 33.2 Å². The second-order valence-electron chi connectivity index (χ2n) is 6.71. The first kappa shape index (κ1) is 19.1. The summed E-state index contributed by atoms with van der Waals surface area (Å²) in [5, 5.41) is 0.933. The number of benzene rings is 3. The lowest BCUT2D eigenvalue weighted by Gasteiger charge is -2.07. The number of nitrogens with one attached hydrogen (secondary N) is 2. The highest BCUT2D eigenvalue weighted by molar-refractivity contribution is 7.89. The number of fused-ring (bicyclic) bond motifs is 1. The summed E-state index contributed by atoms with van der Waals surface area (Å²) in [5.41, 5.74) is 4.33. The van der Waals surface area contributed by atoms with Gasteiger partial charge >= 0.3 is 0 Å². The van der Waals surface area contributed by atoms with Crippen molar-refractivity contribution in [2.24, 2.45) is 0 Å². The number of aromatic amines is 1. The number of halogens is 1. The monoisotopic (exact) mass is 406 g/mol. The van der Waals surface area contributed by atoms with Crippen LogP contribution in [0.5, 0.6) is 0 Å². The molecule has 4 rings (SSSR count). The fourth-order valence-corrected chi connectivity index (χ4v) is 4.15. The maximum atomic E-state index is 13.1. The molecule has 0 atom stereocenters. The summed E-state index contributed by atoms with van der Waals surface area (Å²) in [6.07, 6.45) is 1.72. The zero-order valence-electron chi connectivity index (χ0n) is 15.5. The van der Waals surface area contributed by atoms with Crippen LogP contribution < -0.4 is 4.72 Å². The van der Waals surface area contributed by atoms with Crippen LogP contribution in [0.3, 0.4) is 0 Å². The van der Waals surface area contributed by atoms with E-state index in [1.807, 2.05) is 42.5 Å². The Morgan fingerprint density at radius 1 is 0.931 bits per heavy atom. The summed E-state index contributed by atoms with van der Waals surface area (Å²) in [6, 6.07) is 20.9. The minimum Gasteiger partial charge on any atom is -0.345 e. The van der Waals surface area contributed by atoms with E-state index in [9.17, 15) is 12.8 Å². The van der Waals surface area contributed by atoms with Crippen LogP contribution in [0.2, 0.25) is 0 Å². The molecule has 29 heavy (non-hydrogen) atoms. The Morgan fingerprint density at radius 2 is 1.59 bits per heavy atom. The van der Waals surface area contributed by atoms with Gasteiger partial charge in [0.15, 0.2) is 0 Å². The summed E-state index contributed by atoms with van der Waals surface area (Å²) in [4.78, 5) is 2.94. The molecule has 2 N–H and O–H groups in total. The van der Waals surface area contributed by atoms with Gasteiger partial charge in [0.25, 0.3) is 10.0 Å². The van der Waals surface area contributed by atoms with Gasteiger partial charge in [0.2, 0.25) is 0 Å². The van der Waals surface area contributed by atoms with Crippen molar-refractivity contribution in [3.63, 3.8) is 0 Å². The normalized spacial score (nSPS) is 11.6. The fraction of sp³-hybridized carbons (Fsp3) is 0.0435. The van der Waals surface area contributed by atoms with Crippen molar-refractivity contribution >= 4 is 27.0 Å². The molecule has 0 aliphatic rings. The molecule has 0 saturated carbocycles.